The molecule has 0 aliphatic heterocycles. The first-order valence-corrected chi connectivity index (χ1v) is 14.6. The molecular weight excluding hydrogens is 412 g/mol. The minimum atomic E-state index is 0.420. The zero-order valence-electron chi connectivity index (χ0n) is 21.8. The number of carbonyl (C=O) groups excluding carboxylic acids is 1. The van der Waals surface area contributed by atoms with E-state index < -0.39 is 0 Å². The van der Waals surface area contributed by atoms with Gasteiger partial charge in [0.25, 0.3) is 0 Å². The van der Waals surface area contributed by atoms with E-state index in [9.17, 15) is 4.79 Å². The van der Waals surface area contributed by atoms with Gasteiger partial charge in [0.2, 0.25) is 0 Å². The van der Waals surface area contributed by atoms with Crippen molar-refractivity contribution in [2.45, 2.75) is 110 Å². The average molecular weight is 467 g/mol. The molecule has 0 aromatic carbocycles. The molecule has 0 aliphatic rings. The van der Waals surface area contributed by atoms with Gasteiger partial charge in [0.05, 0.1) is 0 Å². The second-order valence-corrected chi connectivity index (χ2v) is 10.1. The van der Waals surface area contributed by atoms with E-state index in [-0.39, 0.29) is 0 Å². The molecule has 0 aliphatic carbocycles. The van der Waals surface area contributed by atoms with Gasteiger partial charge in [-0.3, -0.25) is 4.79 Å². The van der Waals surface area contributed by atoms with Crippen molar-refractivity contribution in [1.29, 1.82) is 0 Å². The van der Waals surface area contributed by atoms with E-state index in [1.54, 1.807) is 0 Å². The summed E-state index contributed by atoms with van der Waals surface area (Å²) in [6.07, 6.45) is 22.7. The maximum absolute atomic E-state index is 12.3. The molecule has 0 atom stereocenters. The number of hydrogen-bond donors (Lipinski definition) is 1. The summed E-state index contributed by atoms with van der Waals surface area (Å²) in [7, 11) is 1.99. The Morgan fingerprint density at radius 1 is 0.844 bits per heavy atom. The fraction of sp³-hybridized carbons (Fsp3) is 0.821. The van der Waals surface area contributed by atoms with E-state index in [1.165, 1.54) is 76.3 Å². The summed E-state index contributed by atoms with van der Waals surface area (Å²) in [5.74, 6) is 2.48. The highest BCUT2D eigenvalue weighted by atomic mass is 32.2. The largest absolute Gasteiger partial charge is 0.374 e. The number of thioether (sulfide) groups is 1. The Labute approximate surface area is 205 Å². The Kier molecular flexibility index (Phi) is 24.3. The van der Waals surface area contributed by atoms with Gasteiger partial charge in [-0.2, -0.15) is 11.8 Å². The Bertz CT molecular complexity index is 464. The van der Waals surface area contributed by atoms with Crippen LogP contribution in [0.5, 0.6) is 0 Å². The monoisotopic (exact) mass is 466 g/mol. The van der Waals surface area contributed by atoms with Crippen molar-refractivity contribution in [3.8, 4) is 0 Å². The predicted molar refractivity (Wildman–Crippen MR) is 147 cm³/mol. The van der Waals surface area contributed by atoms with Gasteiger partial charge in [0.1, 0.15) is 5.78 Å². The smallest absolute Gasteiger partial charge is 0.134 e. The molecule has 188 valence electrons. The minimum absolute atomic E-state index is 0.420. The number of ketones is 1. The Balaban J connectivity index is 3.67. The number of hydrogen-bond acceptors (Lipinski definition) is 4. The summed E-state index contributed by atoms with van der Waals surface area (Å²) in [6.45, 7) is 11.6. The number of nitrogens with one attached hydrogen (secondary N) is 1. The molecule has 32 heavy (non-hydrogen) atoms. The van der Waals surface area contributed by atoms with Crippen molar-refractivity contribution in [2.75, 3.05) is 38.2 Å². The molecule has 1 N–H and O–H groups in total. The Hall–Kier alpha value is -0.740. The molecule has 0 bridgehead atoms. The van der Waals surface area contributed by atoms with Crippen LogP contribution in [-0.2, 0) is 4.79 Å². The van der Waals surface area contributed by atoms with E-state index in [4.69, 9.17) is 0 Å². The van der Waals surface area contributed by atoms with Crippen LogP contribution in [0.3, 0.4) is 0 Å². The zero-order valence-corrected chi connectivity index (χ0v) is 22.6. The van der Waals surface area contributed by atoms with Crippen LogP contribution in [-0.4, -0.2) is 48.9 Å². The van der Waals surface area contributed by atoms with E-state index in [0.717, 1.165) is 50.4 Å². The molecule has 0 saturated carbocycles. The van der Waals surface area contributed by atoms with Crippen molar-refractivity contribution in [2.24, 2.45) is 0 Å². The van der Waals surface area contributed by atoms with Crippen LogP contribution in [0.2, 0.25) is 0 Å². The number of carbonyl (C=O) groups is 1. The number of allylic oxidation sites excluding steroid dienone is 2. The van der Waals surface area contributed by atoms with Gasteiger partial charge in [-0.1, -0.05) is 77.5 Å². The van der Waals surface area contributed by atoms with Gasteiger partial charge >= 0.3 is 0 Å². The topological polar surface area (TPSA) is 32.3 Å². The molecule has 0 saturated heterocycles. The highest BCUT2D eigenvalue weighted by molar-refractivity contribution is 7.99. The summed E-state index contributed by atoms with van der Waals surface area (Å²) in [4.78, 5) is 14.6. The van der Waals surface area contributed by atoms with Crippen LogP contribution < -0.4 is 5.32 Å². The van der Waals surface area contributed by atoms with Crippen LogP contribution in [0.25, 0.3) is 0 Å². The van der Waals surface area contributed by atoms with E-state index in [0.29, 0.717) is 12.2 Å². The van der Waals surface area contributed by atoms with Crippen molar-refractivity contribution in [1.82, 2.24) is 10.2 Å². The molecule has 0 unspecified atom stereocenters. The molecule has 0 aromatic rings. The van der Waals surface area contributed by atoms with E-state index in [1.807, 2.05) is 18.8 Å². The fourth-order valence-corrected chi connectivity index (χ4v) is 4.67. The van der Waals surface area contributed by atoms with Gasteiger partial charge in [0, 0.05) is 49.7 Å². The van der Waals surface area contributed by atoms with E-state index in [2.05, 4.69) is 42.8 Å². The quantitative estimate of drug-likeness (QED) is 0.110. The highest BCUT2D eigenvalue weighted by Gasteiger charge is 2.10. The highest BCUT2D eigenvalue weighted by Crippen LogP contribution is 2.14. The third kappa shape index (κ3) is 21.1. The van der Waals surface area contributed by atoms with Gasteiger partial charge in [-0.05, 0) is 45.6 Å². The summed E-state index contributed by atoms with van der Waals surface area (Å²) >= 11 is 1.91. The third-order valence-corrected chi connectivity index (χ3v) is 6.86. The number of Topliss-reactive ketones (excluding diaryl/α,β-unsaturated/α-hetero) is 1. The molecule has 0 heterocycles. The fourth-order valence-electron chi connectivity index (χ4n) is 3.75. The molecule has 3 nitrogen and oxygen atoms in total. The van der Waals surface area contributed by atoms with Crippen LogP contribution in [0, 0.1) is 0 Å². The molecule has 0 fully saturated rings. The van der Waals surface area contributed by atoms with Crippen molar-refractivity contribution < 1.29 is 4.79 Å². The number of unbranched alkanes of at least 4 members (excludes halogenated alkanes) is 10. The third-order valence-electron chi connectivity index (χ3n) is 5.83. The normalized spacial score (nSPS) is 11.3. The van der Waals surface area contributed by atoms with Crippen LogP contribution >= 0.6 is 11.8 Å². The maximum atomic E-state index is 12.3. The molecular formula is C28H54N2OS. The van der Waals surface area contributed by atoms with Crippen molar-refractivity contribution in [3.05, 3.63) is 24.4 Å². The lowest BCUT2D eigenvalue weighted by Gasteiger charge is -2.26. The average Bonchev–Trinajstić information content (AvgIpc) is 2.79. The Morgan fingerprint density at radius 3 is 2.09 bits per heavy atom. The first kappa shape index (κ1) is 31.3. The maximum Gasteiger partial charge on any atom is 0.134 e. The summed E-state index contributed by atoms with van der Waals surface area (Å²) in [6, 6.07) is 0. The lowest BCUT2D eigenvalue weighted by atomic mass is 10.1. The lowest BCUT2D eigenvalue weighted by Crippen LogP contribution is -2.27. The SMILES string of the molecule is C=C(CSCCNC)N(CCC)CCC(=O)CCCCCCC/C=C/CCCCCCC. The molecule has 0 rings (SSSR count). The first-order chi connectivity index (χ1) is 15.7. The van der Waals surface area contributed by atoms with Crippen LogP contribution in [0.4, 0.5) is 0 Å². The van der Waals surface area contributed by atoms with Crippen molar-refractivity contribution >= 4 is 17.5 Å². The first-order valence-electron chi connectivity index (χ1n) is 13.5. The molecule has 0 aromatic heterocycles. The number of nitrogens with zero attached hydrogens (tertiary/aromatic N) is 1. The zero-order chi connectivity index (χ0) is 23.7. The second kappa shape index (κ2) is 24.9. The standard InChI is InChI=1S/C28H54N2OS/c1-5-7-8-9-10-11-12-13-14-15-16-17-18-19-20-28(31)21-24-30(23-6-2)27(3)26-32-25-22-29-4/h12-13,29H,3,5-11,14-26H2,1-2,4H3/b13-12+. The second-order valence-electron chi connectivity index (χ2n) is 8.98. The molecule has 0 spiro atoms. The van der Waals surface area contributed by atoms with Crippen LogP contribution in [0.15, 0.2) is 24.4 Å². The van der Waals surface area contributed by atoms with Gasteiger partial charge in [-0.25, -0.2) is 0 Å². The lowest BCUT2D eigenvalue weighted by molar-refractivity contribution is -0.119. The predicted octanol–water partition coefficient (Wildman–Crippen LogP) is 7.77. The Morgan fingerprint density at radius 2 is 1.47 bits per heavy atom. The van der Waals surface area contributed by atoms with Gasteiger partial charge in [0.15, 0.2) is 0 Å². The van der Waals surface area contributed by atoms with Crippen LogP contribution in [0.1, 0.15) is 110 Å². The molecule has 0 radical (unpaired) electrons. The molecule has 0 amide bonds. The van der Waals surface area contributed by atoms with Gasteiger partial charge in [-0.15, -0.1) is 0 Å². The van der Waals surface area contributed by atoms with E-state index >= 15 is 0 Å². The molecule has 4 heteroatoms. The van der Waals surface area contributed by atoms with Crippen molar-refractivity contribution in [3.63, 3.8) is 0 Å². The number of rotatable bonds is 25. The summed E-state index contributed by atoms with van der Waals surface area (Å²) in [5, 5.41) is 3.18. The summed E-state index contributed by atoms with van der Waals surface area (Å²) < 4.78 is 0. The minimum Gasteiger partial charge on any atom is -0.374 e. The summed E-state index contributed by atoms with van der Waals surface area (Å²) in [5.41, 5.74) is 1.17. The van der Waals surface area contributed by atoms with Gasteiger partial charge < -0.3 is 10.2 Å².